The fourth-order valence-corrected chi connectivity index (χ4v) is 4.46. The largest absolute Gasteiger partial charge is 0.306 e. The van der Waals surface area contributed by atoms with Gasteiger partial charge in [-0.25, -0.2) is 4.68 Å². The Morgan fingerprint density at radius 3 is 2.57 bits per heavy atom. The molecule has 0 aliphatic carbocycles. The van der Waals surface area contributed by atoms with Crippen LogP contribution in [0.15, 0.2) is 48.5 Å². The zero-order valence-corrected chi connectivity index (χ0v) is 17.7. The van der Waals surface area contributed by atoms with Gasteiger partial charge in [0.15, 0.2) is 0 Å². The lowest BCUT2D eigenvalue weighted by molar-refractivity contribution is 0.102. The predicted octanol–water partition coefficient (Wildman–Crippen LogP) is 5.82. The lowest BCUT2D eigenvalue weighted by Gasteiger charge is -2.19. The molecule has 0 saturated carbocycles. The third-order valence-corrected chi connectivity index (χ3v) is 6.06. The molecule has 0 spiro atoms. The van der Waals surface area contributed by atoms with Crippen LogP contribution in [-0.2, 0) is 16.9 Å². The number of benzene rings is 2. The van der Waals surface area contributed by atoms with Crippen LogP contribution in [0.25, 0.3) is 5.69 Å². The molecule has 0 bridgehead atoms. The molecule has 0 atom stereocenters. The van der Waals surface area contributed by atoms with Gasteiger partial charge in [-0.05, 0) is 41.3 Å². The van der Waals surface area contributed by atoms with Gasteiger partial charge in [0.25, 0.3) is 5.91 Å². The highest BCUT2D eigenvalue weighted by Gasteiger charge is 2.25. The van der Waals surface area contributed by atoms with Crippen molar-refractivity contribution in [2.24, 2.45) is 0 Å². The van der Waals surface area contributed by atoms with E-state index in [0.29, 0.717) is 10.6 Å². The van der Waals surface area contributed by atoms with Crippen molar-refractivity contribution in [3.63, 3.8) is 0 Å². The van der Waals surface area contributed by atoms with Gasteiger partial charge in [0, 0.05) is 27.7 Å². The van der Waals surface area contributed by atoms with E-state index in [0.717, 1.165) is 34.3 Å². The summed E-state index contributed by atoms with van der Waals surface area (Å²) in [6.45, 7) is 6.48. The topological polar surface area (TPSA) is 46.9 Å². The van der Waals surface area contributed by atoms with Crippen molar-refractivity contribution in [2.45, 2.75) is 37.7 Å². The second-order valence-corrected chi connectivity index (χ2v) is 9.36. The fraction of sp³-hybridized carbons (Fsp3) is 0.273. The van der Waals surface area contributed by atoms with E-state index < -0.39 is 0 Å². The molecule has 3 aromatic rings. The summed E-state index contributed by atoms with van der Waals surface area (Å²) in [6, 6.07) is 15.3. The van der Waals surface area contributed by atoms with Gasteiger partial charge in [-0.2, -0.15) is 16.9 Å². The highest BCUT2D eigenvalue weighted by atomic mass is 35.5. The van der Waals surface area contributed by atoms with Gasteiger partial charge >= 0.3 is 0 Å². The molecule has 1 N–H and O–H groups in total. The molecule has 2 aromatic carbocycles. The quantitative estimate of drug-likeness (QED) is 0.590. The summed E-state index contributed by atoms with van der Waals surface area (Å²) in [5.41, 5.74) is 4.83. The second kappa shape index (κ2) is 7.30. The van der Waals surface area contributed by atoms with Crippen molar-refractivity contribution < 1.29 is 4.79 Å². The van der Waals surface area contributed by atoms with Crippen molar-refractivity contribution in [2.75, 3.05) is 5.32 Å². The third kappa shape index (κ3) is 3.69. The lowest BCUT2D eigenvalue weighted by atomic mass is 9.87. The van der Waals surface area contributed by atoms with E-state index in [1.807, 2.05) is 48.5 Å². The smallest absolute Gasteiger partial charge is 0.256 e. The first-order chi connectivity index (χ1) is 13.3. The Hall–Kier alpha value is -2.24. The van der Waals surface area contributed by atoms with Crippen molar-refractivity contribution in [3.8, 4) is 5.69 Å². The number of hydrogen-bond acceptors (Lipinski definition) is 3. The minimum absolute atomic E-state index is 0.0538. The summed E-state index contributed by atoms with van der Waals surface area (Å²) in [5, 5.41) is 8.44. The number of nitrogens with zero attached hydrogens (tertiary/aromatic N) is 2. The molecule has 1 aromatic heterocycles. The lowest BCUT2D eigenvalue weighted by Crippen LogP contribution is -2.17. The van der Waals surface area contributed by atoms with Gasteiger partial charge in [-0.1, -0.05) is 50.6 Å². The van der Waals surface area contributed by atoms with Gasteiger partial charge in [0.2, 0.25) is 0 Å². The number of anilines is 1. The van der Waals surface area contributed by atoms with Crippen molar-refractivity contribution in [1.29, 1.82) is 0 Å². The Morgan fingerprint density at radius 1 is 1.14 bits per heavy atom. The Labute approximate surface area is 174 Å². The third-order valence-electron chi connectivity index (χ3n) is 4.85. The summed E-state index contributed by atoms with van der Waals surface area (Å²) < 4.78 is 1.79. The first-order valence-corrected chi connectivity index (χ1v) is 10.7. The number of halogens is 1. The van der Waals surface area contributed by atoms with Crippen LogP contribution >= 0.6 is 23.4 Å². The molecule has 0 saturated heterocycles. The molecule has 28 heavy (non-hydrogen) atoms. The molecule has 2 heterocycles. The molecular weight excluding hydrogens is 390 g/mol. The highest BCUT2D eigenvalue weighted by Crippen LogP contribution is 2.36. The van der Waals surface area contributed by atoms with E-state index in [4.69, 9.17) is 16.7 Å². The Morgan fingerprint density at radius 2 is 1.89 bits per heavy atom. The van der Waals surface area contributed by atoms with Crippen LogP contribution in [0.5, 0.6) is 0 Å². The van der Waals surface area contributed by atoms with Crippen LogP contribution in [0.3, 0.4) is 0 Å². The first-order valence-electron chi connectivity index (χ1n) is 9.19. The maximum atomic E-state index is 12.9. The van der Waals surface area contributed by atoms with E-state index in [-0.39, 0.29) is 11.3 Å². The number of hydrogen-bond donors (Lipinski definition) is 1. The van der Waals surface area contributed by atoms with Gasteiger partial charge in [0.1, 0.15) is 5.82 Å². The number of thioether (sulfide) groups is 1. The van der Waals surface area contributed by atoms with Crippen LogP contribution in [-0.4, -0.2) is 15.7 Å². The molecule has 144 valence electrons. The number of nitrogens with one attached hydrogen (secondary N) is 1. The number of carbonyl (C=O) groups is 1. The SMILES string of the molecule is CC(C)(C)c1ccc(C(=O)Nc2c3c(nn2-c2cccc(Cl)c2)CSC3)cc1. The molecule has 1 amide bonds. The van der Waals surface area contributed by atoms with Gasteiger partial charge in [-0.15, -0.1) is 0 Å². The summed E-state index contributed by atoms with van der Waals surface area (Å²) in [6.07, 6.45) is 0. The average molecular weight is 412 g/mol. The van der Waals surface area contributed by atoms with E-state index in [2.05, 4.69) is 26.1 Å². The summed E-state index contributed by atoms with van der Waals surface area (Å²) in [5.74, 6) is 2.29. The van der Waals surface area contributed by atoms with Crippen LogP contribution in [0.4, 0.5) is 5.82 Å². The summed E-state index contributed by atoms with van der Waals surface area (Å²) in [4.78, 5) is 12.9. The van der Waals surface area contributed by atoms with E-state index in [1.165, 1.54) is 5.56 Å². The van der Waals surface area contributed by atoms with Crippen molar-refractivity contribution in [1.82, 2.24) is 9.78 Å². The van der Waals surface area contributed by atoms with Crippen molar-refractivity contribution in [3.05, 3.63) is 75.9 Å². The Kier molecular flexibility index (Phi) is 4.98. The predicted molar refractivity (Wildman–Crippen MR) is 117 cm³/mol. The average Bonchev–Trinajstić information content (AvgIpc) is 3.24. The minimum Gasteiger partial charge on any atom is -0.306 e. The normalized spacial score (nSPS) is 13.4. The monoisotopic (exact) mass is 411 g/mol. The molecule has 0 unspecified atom stereocenters. The van der Waals surface area contributed by atoms with Gasteiger partial charge in [-0.3, -0.25) is 4.79 Å². The molecule has 0 radical (unpaired) electrons. The highest BCUT2D eigenvalue weighted by molar-refractivity contribution is 7.98. The van der Waals surface area contributed by atoms with E-state index in [9.17, 15) is 4.79 Å². The molecule has 6 heteroatoms. The number of carbonyl (C=O) groups excluding carboxylic acids is 1. The molecule has 1 aliphatic rings. The first kappa shape index (κ1) is 19.1. The minimum atomic E-state index is -0.136. The maximum absolute atomic E-state index is 12.9. The summed E-state index contributed by atoms with van der Waals surface area (Å²) in [7, 11) is 0. The summed E-state index contributed by atoms with van der Waals surface area (Å²) >= 11 is 7.97. The number of aromatic nitrogens is 2. The zero-order valence-electron chi connectivity index (χ0n) is 16.1. The zero-order chi connectivity index (χ0) is 19.9. The Balaban J connectivity index is 1.67. The molecule has 4 rings (SSSR count). The Bertz CT molecular complexity index is 1030. The maximum Gasteiger partial charge on any atom is 0.256 e. The number of fused-ring (bicyclic) bond motifs is 1. The number of amides is 1. The molecular formula is C22H22ClN3OS. The van der Waals surface area contributed by atoms with Crippen LogP contribution in [0.2, 0.25) is 5.02 Å². The van der Waals surface area contributed by atoms with E-state index >= 15 is 0 Å². The number of rotatable bonds is 3. The van der Waals surface area contributed by atoms with Gasteiger partial charge in [0.05, 0.1) is 11.4 Å². The molecule has 1 aliphatic heterocycles. The van der Waals surface area contributed by atoms with Crippen molar-refractivity contribution >= 4 is 35.1 Å². The van der Waals surface area contributed by atoms with Crippen LogP contribution in [0.1, 0.15) is 48.0 Å². The van der Waals surface area contributed by atoms with Crippen LogP contribution < -0.4 is 5.32 Å². The van der Waals surface area contributed by atoms with Crippen LogP contribution in [0, 0.1) is 0 Å². The molecule has 4 nitrogen and oxygen atoms in total. The van der Waals surface area contributed by atoms with E-state index in [1.54, 1.807) is 16.4 Å². The fourth-order valence-electron chi connectivity index (χ4n) is 3.24. The molecule has 0 fully saturated rings. The van der Waals surface area contributed by atoms with Gasteiger partial charge < -0.3 is 5.32 Å². The standard InChI is InChI=1S/C22H22ClN3OS/c1-22(2,3)15-9-7-14(8-10-15)21(27)24-20-18-12-28-13-19(18)25-26(20)17-6-4-5-16(23)11-17/h4-11H,12-13H2,1-3H3,(H,24,27). The second-order valence-electron chi connectivity index (χ2n) is 7.94.